The Kier molecular flexibility index (Phi) is 6.07. The quantitative estimate of drug-likeness (QED) is 0.458. The first-order chi connectivity index (χ1) is 16.7. The first-order valence-electron chi connectivity index (χ1n) is 14.1. The maximum atomic E-state index is 14.1. The van der Waals surface area contributed by atoms with Crippen LogP contribution < -0.4 is 0 Å². The molecular formula is C30H41F2NOS. The second-order valence-corrected chi connectivity index (χ2v) is 14.2. The summed E-state index contributed by atoms with van der Waals surface area (Å²) in [6, 6.07) is 2.85. The molecule has 4 saturated carbocycles. The summed E-state index contributed by atoms with van der Waals surface area (Å²) in [6.07, 6.45) is 13.3. The Morgan fingerprint density at radius 3 is 2.69 bits per heavy atom. The highest BCUT2D eigenvalue weighted by Gasteiger charge is 2.62. The molecule has 1 aromatic carbocycles. The summed E-state index contributed by atoms with van der Waals surface area (Å²) < 4.78 is 28.5. The van der Waals surface area contributed by atoms with E-state index in [0.717, 1.165) is 34.9 Å². The number of fused-ring (bicyclic) bond motifs is 6. The highest BCUT2D eigenvalue weighted by molar-refractivity contribution is 7.18. The Balaban J connectivity index is 1.18. The van der Waals surface area contributed by atoms with Crippen molar-refractivity contribution in [2.45, 2.75) is 97.5 Å². The van der Waals surface area contributed by atoms with Gasteiger partial charge in [-0.05, 0) is 116 Å². The lowest BCUT2D eigenvalue weighted by Crippen LogP contribution is -2.57. The van der Waals surface area contributed by atoms with Crippen LogP contribution in [0.5, 0.6) is 0 Å². The monoisotopic (exact) mass is 501 g/mol. The van der Waals surface area contributed by atoms with E-state index in [-0.39, 0.29) is 11.6 Å². The zero-order valence-electron chi connectivity index (χ0n) is 21.5. The van der Waals surface area contributed by atoms with Crippen molar-refractivity contribution in [2.75, 3.05) is 0 Å². The molecule has 9 atom stereocenters. The lowest BCUT2D eigenvalue weighted by atomic mass is 9.44. The molecule has 4 fully saturated rings. The number of aromatic nitrogens is 1. The number of hydrogen-bond acceptors (Lipinski definition) is 3. The number of benzene rings is 1. The third-order valence-corrected chi connectivity index (χ3v) is 12.8. The lowest BCUT2D eigenvalue weighted by molar-refractivity contribution is -0.164. The summed E-state index contributed by atoms with van der Waals surface area (Å²) in [4.78, 5) is 4.45. The van der Waals surface area contributed by atoms with E-state index >= 15 is 0 Å². The molecule has 192 valence electrons. The van der Waals surface area contributed by atoms with Gasteiger partial charge in [0, 0.05) is 0 Å². The third-order valence-electron chi connectivity index (χ3n) is 11.7. The van der Waals surface area contributed by atoms with Crippen LogP contribution in [0.4, 0.5) is 8.78 Å². The molecular weight excluding hydrogens is 460 g/mol. The van der Waals surface area contributed by atoms with E-state index in [9.17, 15) is 13.9 Å². The molecule has 1 heterocycles. The van der Waals surface area contributed by atoms with Crippen LogP contribution in [0.2, 0.25) is 0 Å². The van der Waals surface area contributed by atoms with E-state index in [1.807, 2.05) is 0 Å². The van der Waals surface area contributed by atoms with Gasteiger partial charge in [-0.25, -0.2) is 13.8 Å². The molecule has 0 saturated heterocycles. The van der Waals surface area contributed by atoms with Gasteiger partial charge < -0.3 is 5.11 Å². The Morgan fingerprint density at radius 1 is 1.06 bits per heavy atom. The largest absolute Gasteiger partial charge is 0.393 e. The molecule has 1 aromatic heterocycles. The average molecular weight is 502 g/mol. The van der Waals surface area contributed by atoms with E-state index in [1.165, 1.54) is 68.8 Å². The van der Waals surface area contributed by atoms with Gasteiger partial charge in [-0.1, -0.05) is 33.6 Å². The molecule has 0 aliphatic heterocycles. The van der Waals surface area contributed by atoms with Crippen LogP contribution in [0.25, 0.3) is 10.2 Å². The number of halogens is 2. The van der Waals surface area contributed by atoms with Gasteiger partial charge in [0.15, 0.2) is 11.6 Å². The number of aliphatic hydroxyl groups excluding tert-OH is 1. The van der Waals surface area contributed by atoms with Crippen LogP contribution in [0.15, 0.2) is 12.1 Å². The minimum Gasteiger partial charge on any atom is -0.393 e. The summed E-state index contributed by atoms with van der Waals surface area (Å²) in [5, 5.41) is 12.4. The number of hydrogen-bond donors (Lipinski definition) is 1. The second-order valence-electron chi connectivity index (χ2n) is 13.1. The molecule has 2 aromatic rings. The predicted octanol–water partition coefficient (Wildman–Crippen LogP) is 8.16. The topological polar surface area (TPSA) is 33.1 Å². The van der Waals surface area contributed by atoms with E-state index in [4.69, 9.17) is 0 Å². The van der Waals surface area contributed by atoms with E-state index < -0.39 is 11.6 Å². The first kappa shape index (κ1) is 24.3. The van der Waals surface area contributed by atoms with Crippen LogP contribution in [0.3, 0.4) is 0 Å². The summed E-state index contributed by atoms with van der Waals surface area (Å²) >= 11 is 1.50. The molecule has 0 spiro atoms. The minimum absolute atomic E-state index is 0.118. The molecule has 0 radical (unpaired) electrons. The number of nitrogens with zero attached hydrogens (tertiary/aromatic N) is 1. The normalized spacial score (nSPS) is 41.9. The minimum atomic E-state index is -0.819. The van der Waals surface area contributed by atoms with Crippen LogP contribution in [0.1, 0.15) is 90.0 Å². The Hall–Kier alpha value is -1.07. The zero-order valence-corrected chi connectivity index (χ0v) is 22.3. The fraction of sp³-hybridized carbons (Fsp3) is 0.767. The first-order valence-corrected chi connectivity index (χ1v) is 15.0. The number of aryl methyl sites for hydroxylation is 1. The van der Waals surface area contributed by atoms with Gasteiger partial charge in [-0.2, -0.15) is 0 Å². The number of thiazole rings is 1. The van der Waals surface area contributed by atoms with Gasteiger partial charge in [-0.15, -0.1) is 11.3 Å². The van der Waals surface area contributed by atoms with Gasteiger partial charge in [0.1, 0.15) is 5.52 Å². The molecule has 6 rings (SSSR count). The van der Waals surface area contributed by atoms with Crippen molar-refractivity contribution >= 4 is 21.6 Å². The van der Waals surface area contributed by atoms with Gasteiger partial charge >= 0.3 is 0 Å². The van der Waals surface area contributed by atoms with Crippen molar-refractivity contribution in [1.82, 2.24) is 4.98 Å². The molecule has 5 heteroatoms. The number of aliphatic hydroxyl groups is 1. The predicted molar refractivity (Wildman–Crippen MR) is 138 cm³/mol. The maximum Gasteiger partial charge on any atom is 0.185 e. The van der Waals surface area contributed by atoms with Crippen molar-refractivity contribution in [3.05, 3.63) is 28.8 Å². The number of rotatable bonds is 4. The van der Waals surface area contributed by atoms with Gasteiger partial charge in [0.25, 0.3) is 0 Å². The summed E-state index contributed by atoms with van der Waals surface area (Å²) in [6.45, 7) is 7.51. The maximum absolute atomic E-state index is 14.1. The molecule has 4 aliphatic rings. The Bertz CT molecular complexity index is 1100. The molecule has 4 aliphatic carbocycles. The smallest absolute Gasteiger partial charge is 0.185 e. The zero-order chi connectivity index (χ0) is 24.5. The molecule has 9 unspecified atom stereocenters. The van der Waals surface area contributed by atoms with E-state index in [0.29, 0.717) is 40.4 Å². The molecule has 0 bridgehead atoms. The third kappa shape index (κ3) is 3.73. The SMILES string of the molecule is CC(CCc1nc2c(F)c(F)ccc2s1)C1CCC2C3C(O)CC4CCCCC4(C)C3CCC12C. The fourth-order valence-corrected chi connectivity index (χ4v) is 10.9. The molecule has 1 N–H and O–H groups in total. The van der Waals surface area contributed by atoms with Crippen LogP contribution >= 0.6 is 11.3 Å². The van der Waals surface area contributed by atoms with Gasteiger partial charge in [0.05, 0.1) is 15.8 Å². The lowest BCUT2D eigenvalue weighted by Gasteiger charge is -2.62. The summed E-state index contributed by atoms with van der Waals surface area (Å²) in [7, 11) is 0. The Labute approximate surface area is 212 Å². The van der Waals surface area contributed by atoms with Gasteiger partial charge in [0.2, 0.25) is 0 Å². The van der Waals surface area contributed by atoms with Crippen LogP contribution in [-0.4, -0.2) is 16.2 Å². The van der Waals surface area contributed by atoms with Crippen LogP contribution in [0, 0.1) is 58.0 Å². The van der Waals surface area contributed by atoms with Crippen LogP contribution in [-0.2, 0) is 6.42 Å². The van der Waals surface area contributed by atoms with Crippen molar-refractivity contribution in [3.8, 4) is 0 Å². The highest BCUT2D eigenvalue weighted by Crippen LogP contribution is 2.68. The standard InChI is InChI=1S/C30H41F2NOS/c1-17(7-12-25-33-28-24(35-25)11-10-22(31)27(28)32)19-8-9-20-26-21(13-15-30(19,20)3)29(2)14-5-4-6-18(29)16-23(26)34/h10-11,17-21,23,26,34H,4-9,12-16H2,1-3H3. The molecule has 0 amide bonds. The second kappa shape index (κ2) is 8.75. The summed E-state index contributed by atoms with van der Waals surface area (Å²) in [5.41, 5.74) is 0.932. The fourth-order valence-electron chi connectivity index (χ4n) is 9.87. The van der Waals surface area contributed by atoms with Crippen molar-refractivity contribution in [3.63, 3.8) is 0 Å². The van der Waals surface area contributed by atoms with Crippen molar-refractivity contribution in [1.29, 1.82) is 0 Å². The van der Waals surface area contributed by atoms with E-state index in [1.54, 1.807) is 6.07 Å². The van der Waals surface area contributed by atoms with Crippen molar-refractivity contribution in [2.24, 2.45) is 46.3 Å². The van der Waals surface area contributed by atoms with E-state index in [2.05, 4.69) is 25.8 Å². The summed E-state index contributed by atoms with van der Waals surface area (Å²) in [5.74, 6) is 2.13. The highest BCUT2D eigenvalue weighted by atomic mass is 32.1. The average Bonchev–Trinajstić information content (AvgIpc) is 3.41. The van der Waals surface area contributed by atoms with Crippen molar-refractivity contribution < 1.29 is 13.9 Å². The molecule has 35 heavy (non-hydrogen) atoms. The molecule has 2 nitrogen and oxygen atoms in total. The Morgan fingerprint density at radius 2 is 1.86 bits per heavy atom. The van der Waals surface area contributed by atoms with Gasteiger partial charge in [-0.3, -0.25) is 0 Å².